The number of nitro benzene ring substituents is 1. The molecule has 0 bridgehead atoms. The molecule has 1 aliphatic heterocycles. The molecule has 7 nitrogen and oxygen atoms in total. The van der Waals surface area contributed by atoms with Crippen molar-refractivity contribution in [3.63, 3.8) is 0 Å². The summed E-state index contributed by atoms with van der Waals surface area (Å²) >= 11 is 1.79. The average Bonchev–Trinajstić information content (AvgIpc) is 2.74. The van der Waals surface area contributed by atoms with Gasteiger partial charge in [-0.05, 0) is 24.3 Å². The van der Waals surface area contributed by atoms with Gasteiger partial charge >= 0.3 is 0 Å². The molecule has 0 atom stereocenters. The number of carbonyl (C=O) groups excluding carboxylic acids is 1. The fraction of sp³-hybridized carbons (Fsp3) is 0.417. The first-order valence-electron chi connectivity index (χ1n) is 6.25. The number of hydrazine groups is 1. The number of amides is 1. The molecule has 2 rings (SSSR count). The van der Waals surface area contributed by atoms with Crippen LogP contribution in [0.4, 0.5) is 11.4 Å². The van der Waals surface area contributed by atoms with Crippen molar-refractivity contribution in [2.24, 2.45) is 5.84 Å². The highest BCUT2D eigenvalue weighted by molar-refractivity contribution is 7.99. The van der Waals surface area contributed by atoms with E-state index in [2.05, 4.69) is 5.43 Å². The summed E-state index contributed by atoms with van der Waals surface area (Å²) in [4.78, 5) is 24.7. The van der Waals surface area contributed by atoms with Crippen LogP contribution in [-0.2, 0) is 0 Å². The van der Waals surface area contributed by atoms with Gasteiger partial charge < -0.3 is 10.3 Å². The number of nitrogens with two attached hydrogens (primary N) is 1. The zero-order chi connectivity index (χ0) is 14.5. The number of anilines is 1. The third kappa shape index (κ3) is 3.20. The summed E-state index contributed by atoms with van der Waals surface area (Å²) in [6, 6.07) is 4.21. The van der Waals surface area contributed by atoms with Gasteiger partial charge in [0.1, 0.15) is 5.56 Å². The molecule has 0 unspecified atom stereocenters. The molecular weight excluding hydrogens is 280 g/mol. The molecule has 0 spiro atoms. The van der Waals surface area contributed by atoms with E-state index >= 15 is 0 Å². The number of rotatable bonds is 3. The van der Waals surface area contributed by atoms with Gasteiger partial charge in [-0.1, -0.05) is 0 Å². The Morgan fingerprint density at radius 2 is 2.20 bits per heavy atom. The maximum Gasteiger partial charge on any atom is 0.282 e. The Morgan fingerprint density at radius 3 is 2.90 bits per heavy atom. The van der Waals surface area contributed by atoms with Crippen LogP contribution in [-0.4, -0.2) is 40.3 Å². The summed E-state index contributed by atoms with van der Waals surface area (Å²) in [6.07, 6.45) is 0.902. The van der Waals surface area contributed by atoms with Crippen molar-refractivity contribution in [2.45, 2.75) is 6.42 Å². The monoisotopic (exact) mass is 296 g/mol. The van der Waals surface area contributed by atoms with Crippen molar-refractivity contribution in [2.75, 3.05) is 30.0 Å². The van der Waals surface area contributed by atoms with Gasteiger partial charge in [0, 0.05) is 30.6 Å². The lowest BCUT2D eigenvalue weighted by Crippen LogP contribution is -2.33. The average molecular weight is 296 g/mol. The minimum absolute atomic E-state index is 0.0809. The fourth-order valence-corrected chi connectivity index (χ4v) is 2.96. The Hall–Kier alpha value is -1.80. The molecule has 1 aliphatic rings. The number of nitrogens with one attached hydrogen (secondary N) is 1. The lowest BCUT2D eigenvalue weighted by molar-refractivity contribution is -0.385. The summed E-state index contributed by atoms with van der Waals surface area (Å²) in [5.41, 5.74) is 2.77. The third-order valence-electron chi connectivity index (χ3n) is 3.10. The second kappa shape index (κ2) is 6.58. The number of nitrogens with zero attached hydrogens (tertiary/aromatic N) is 2. The molecule has 0 saturated carbocycles. The molecule has 3 N–H and O–H groups in total. The van der Waals surface area contributed by atoms with Gasteiger partial charge in [0.05, 0.1) is 4.92 Å². The molecule has 1 amide bonds. The van der Waals surface area contributed by atoms with Gasteiger partial charge in [-0.2, -0.15) is 11.8 Å². The van der Waals surface area contributed by atoms with Gasteiger partial charge in [-0.3, -0.25) is 20.8 Å². The maximum absolute atomic E-state index is 12.5. The third-order valence-corrected chi connectivity index (χ3v) is 4.15. The largest absolute Gasteiger partial charge is 0.338 e. The molecule has 1 aromatic carbocycles. The van der Waals surface area contributed by atoms with Crippen LogP contribution in [0.25, 0.3) is 0 Å². The van der Waals surface area contributed by atoms with Crippen LogP contribution in [0.3, 0.4) is 0 Å². The molecule has 108 valence electrons. The van der Waals surface area contributed by atoms with Crippen LogP contribution < -0.4 is 11.3 Å². The molecule has 0 radical (unpaired) electrons. The Labute approximate surface area is 120 Å². The van der Waals surface area contributed by atoms with Crippen molar-refractivity contribution < 1.29 is 9.72 Å². The number of benzene rings is 1. The van der Waals surface area contributed by atoms with Crippen LogP contribution >= 0.6 is 11.8 Å². The quantitative estimate of drug-likeness (QED) is 0.497. The minimum Gasteiger partial charge on any atom is -0.338 e. The fourth-order valence-electron chi connectivity index (χ4n) is 2.08. The van der Waals surface area contributed by atoms with E-state index in [1.807, 2.05) is 0 Å². The summed E-state index contributed by atoms with van der Waals surface area (Å²) in [5, 5.41) is 11.1. The van der Waals surface area contributed by atoms with E-state index in [0.717, 1.165) is 17.9 Å². The minimum atomic E-state index is -0.542. The topological polar surface area (TPSA) is 101 Å². The van der Waals surface area contributed by atoms with Crippen LogP contribution in [0.2, 0.25) is 0 Å². The van der Waals surface area contributed by atoms with E-state index in [0.29, 0.717) is 18.8 Å². The number of hydrogen-bond acceptors (Lipinski definition) is 6. The Bertz CT molecular complexity index is 515. The van der Waals surface area contributed by atoms with Gasteiger partial charge in [0.15, 0.2) is 0 Å². The van der Waals surface area contributed by atoms with E-state index in [1.165, 1.54) is 18.2 Å². The normalized spacial score (nSPS) is 15.6. The molecule has 1 fully saturated rings. The highest BCUT2D eigenvalue weighted by atomic mass is 32.2. The highest BCUT2D eigenvalue weighted by Gasteiger charge is 2.25. The molecule has 20 heavy (non-hydrogen) atoms. The van der Waals surface area contributed by atoms with Crippen molar-refractivity contribution in [1.29, 1.82) is 0 Å². The van der Waals surface area contributed by atoms with Crippen molar-refractivity contribution in [3.05, 3.63) is 33.9 Å². The number of thioether (sulfide) groups is 1. The maximum atomic E-state index is 12.5. The number of hydrogen-bond donors (Lipinski definition) is 2. The van der Waals surface area contributed by atoms with E-state index in [1.54, 1.807) is 16.7 Å². The highest BCUT2D eigenvalue weighted by Crippen LogP contribution is 2.24. The SMILES string of the molecule is NNc1ccc([N+](=O)[O-])c(C(=O)N2CCCSCC2)c1. The summed E-state index contributed by atoms with van der Waals surface area (Å²) in [6.45, 7) is 1.24. The Morgan fingerprint density at radius 1 is 1.40 bits per heavy atom. The summed E-state index contributed by atoms with van der Waals surface area (Å²) < 4.78 is 0. The van der Waals surface area contributed by atoms with Gasteiger partial charge in [0.25, 0.3) is 11.6 Å². The first kappa shape index (κ1) is 14.6. The van der Waals surface area contributed by atoms with Crippen molar-refractivity contribution in [3.8, 4) is 0 Å². The van der Waals surface area contributed by atoms with Crippen LogP contribution in [0.5, 0.6) is 0 Å². The van der Waals surface area contributed by atoms with Gasteiger partial charge in [0.2, 0.25) is 0 Å². The Balaban J connectivity index is 2.33. The van der Waals surface area contributed by atoms with Gasteiger partial charge in [-0.15, -0.1) is 0 Å². The van der Waals surface area contributed by atoms with Crippen molar-refractivity contribution >= 4 is 29.0 Å². The van der Waals surface area contributed by atoms with E-state index in [4.69, 9.17) is 5.84 Å². The lowest BCUT2D eigenvalue weighted by atomic mass is 10.1. The first-order chi connectivity index (χ1) is 9.63. The first-order valence-corrected chi connectivity index (χ1v) is 7.41. The lowest BCUT2D eigenvalue weighted by Gasteiger charge is -2.20. The molecule has 8 heteroatoms. The predicted octanol–water partition coefficient (Wildman–Crippen LogP) is 1.46. The summed E-state index contributed by atoms with van der Waals surface area (Å²) in [5.74, 6) is 6.86. The van der Waals surface area contributed by atoms with E-state index in [-0.39, 0.29) is 17.2 Å². The number of carbonyl (C=O) groups is 1. The zero-order valence-electron chi connectivity index (χ0n) is 10.9. The molecular formula is C12H16N4O3S. The van der Waals surface area contributed by atoms with Gasteiger partial charge in [-0.25, -0.2) is 0 Å². The Kier molecular flexibility index (Phi) is 4.80. The molecule has 1 heterocycles. The number of nitro groups is 1. The summed E-state index contributed by atoms with van der Waals surface area (Å²) in [7, 11) is 0. The second-order valence-corrected chi connectivity index (χ2v) is 5.62. The van der Waals surface area contributed by atoms with E-state index in [9.17, 15) is 14.9 Å². The molecule has 0 aromatic heterocycles. The molecule has 1 saturated heterocycles. The zero-order valence-corrected chi connectivity index (χ0v) is 11.7. The molecule has 1 aromatic rings. The predicted molar refractivity (Wildman–Crippen MR) is 78.8 cm³/mol. The number of nitrogen functional groups attached to an aromatic ring is 1. The smallest absolute Gasteiger partial charge is 0.282 e. The van der Waals surface area contributed by atoms with Crippen LogP contribution in [0, 0.1) is 10.1 Å². The molecule has 0 aliphatic carbocycles. The van der Waals surface area contributed by atoms with Crippen LogP contribution in [0.1, 0.15) is 16.8 Å². The van der Waals surface area contributed by atoms with Crippen LogP contribution in [0.15, 0.2) is 18.2 Å². The van der Waals surface area contributed by atoms with E-state index < -0.39 is 4.92 Å². The second-order valence-electron chi connectivity index (χ2n) is 4.39. The standard InChI is InChI=1S/C12H16N4O3S/c13-14-9-2-3-11(16(18)19)10(8-9)12(17)15-4-1-6-20-7-5-15/h2-3,8,14H,1,4-7,13H2. The van der Waals surface area contributed by atoms with Crippen molar-refractivity contribution in [1.82, 2.24) is 4.90 Å².